The molecule has 0 aromatic rings. The highest BCUT2D eigenvalue weighted by Crippen LogP contribution is 2.54. The summed E-state index contributed by atoms with van der Waals surface area (Å²) in [6, 6.07) is 0. The van der Waals surface area contributed by atoms with Crippen molar-refractivity contribution in [2.75, 3.05) is 6.61 Å². The maximum absolute atomic E-state index is 14.0. The van der Waals surface area contributed by atoms with Crippen molar-refractivity contribution in [1.29, 1.82) is 0 Å². The standard InChI is InChI=1S/C42H60O13/c1-19-13-23-5-7-27-20(2)14-25(46-27)9-11-42-18-33-38(54-42)39-40(52-33)41(55-42)37-29(51-39)8-6-24(48-37)15-34(45)53-36-22(4)35-31(16-26(44)28(50-35)10-12-43)49-32(36)17-30(47-23)21(19)3/h19,22-33,35-41,43-44H,2-3,5-18H2,1,4H3/t19?,22-,23-,24+,25?,26?,27-,28?,29?,30+,31-,32?,33?,35-,36?,37-,38?,39-,40+,41?,42-/m0/s1. The molecule has 11 saturated heterocycles. The number of fused-ring (bicyclic) bond motifs is 7. The van der Waals surface area contributed by atoms with Crippen LogP contribution in [0.3, 0.4) is 0 Å². The van der Waals surface area contributed by atoms with Crippen LogP contribution >= 0.6 is 0 Å². The van der Waals surface area contributed by atoms with Crippen molar-refractivity contribution in [3.05, 3.63) is 24.3 Å². The van der Waals surface area contributed by atoms with Crippen molar-refractivity contribution >= 4 is 5.97 Å². The Bertz CT molecular complexity index is 1490. The largest absolute Gasteiger partial charge is 0.459 e. The average molecular weight is 773 g/mol. The van der Waals surface area contributed by atoms with E-state index in [0.29, 0.717) is 38.5 Å². The first-order valence-electron chi connectivity index (χ1n) is 21.3. The van der Waals surface area contributed by atoms with E-state index < -0.39 is 48.5 Å². The second-order valence-electron chi connectivity index (χ2n) is 18.5. The van der Waals surface area contributed by atoms with Crippen molar-refractivity contribution in [3.63, 3.8) is 0 Å². The fraction of sp³-hybridized carbons (Fsp3) is 0.881. The van der Waals surface area contributed by atoms with Gasteiger partial charge in [0.15, 0.2) is 5.79 Å². The van der Waals surface area contributed by atoms with Crippen LogP contribution < -0.4 is 0 Å². The lowest BCUT2D eigenvalue weighted by molar-refractivity contribution is -0.293. The number of hydrogen-bond donors (Lipinski definition) is 2. The van der Waals surface area contributed by atoms with Crippen LogP contribution in [0.5, 0.6) is 0 Å². The average Bonchev–Trinajstić information content (AvgIpc) is 3.74. The molecule has 21 atom stereocenters. The fourth-order valence-electron chi connectivity index (χ4n) is 11.9. The normalized spacial score (nSPS) is 54.9. The van der Waals surface area contributed by atoms with E-state index in [4.69, 9.17) is 47.4 Å². The molecule has 13 nitrogen and oxygen atoms in total. The van der Waals surface area contributed by atoms with Gasteiger partial charge in [-0.1, -0.05) is 27.0 Å². The Morgan fingerprint density at radius 1 is 0.673 bits per heavy atom. The van der Waals surface area contributed by atoms with Crippen LogP contribution in [-0.4, -0.2) is 138 Å². The van der Waals surface area contributed by atoms with Crippen LogP contribution in [0.4, 0.5) is 0 Å². The van der Waals surface area contributed by atoms with Gasteiger partial charge in [0.25, 0.3) is 0 Å². The van der Waals surface area contributed by atoms with Crippen molar-refractivity contribution < 1.29 is 62.4 Å². The van der Waals surface area contributed by atoms with Crippen molar-refractivity contribution in [2.24, 2.45) is 11.8 Å². The Hall–Kier alpha value is -1.49. The molecule has 0 radical (unpaired) electrons. The molecule has 1 spiro atoms. The van der Waals surface area contributed by atoms with Crippen LogP contribution in [0.1, 0.15) is 97.3 Å². The Kier molecular flexibility index (Phi) is 10.1. The zero-order valence-electron chi connectivity index (χ0n) is 32.2. The lowest BCUT2D eigenvalue weighted by Gasteiger charge is -2.51. The first-order chi connectivity index (χ1) is 26.5. The number of hydrogen-bond acceptors (Lipinski definition) is 13. The Balaban J connectivity index is 0.934. The molecule has 0 aliphatic carbocycles. The number of carbonyl (C=O) groups excluding carboxylic acids is 1. The van der Waals surface area contributed by atoms with Gasteiger partial charge >= 0.3 is 5.97 Å². The molecule has 11 fully saturated rings. The summed E-state index contributed by atoms with van der Waals surface area (Å²) >= 11 is 0. The third kappa shape index (κ3) is 6.79. The third-order valence-corrected chi connectivity index (χ3v) is 14.8. The maximum atomic E-state index is 14.0. The van der Waals surface area contributed by atoms with Crippen molar-refractivity contribution in [1.82, 2.24) is 0 Å². The maximum Gasteiger partial charge on any atom is 0.308 e. The zero-order chi connectivity index (χ0) is 37.7. The van der Waals surface area contributed by atoms with Crippen LogP contribution in [0.2, 0.25) is 0 Å². The minimum atomic E-state index is -0.808. The molecular formula is C42H60O13. The van der Waals surface area contributed by atoms with Gasteiger partial charge in [-0.05, 0) is 68.4 Å². The Morgan fingerprint density at radius 3 is 2.27 bits per heavy atom. The molecule has 11 aliphatic rings. The molecule has 12 bridgehead atoms. The van der Waals surface area contributed by atoms with E-state index in [0.717, 1.165) is 49.7 Å². The highest BCUT2D eigenvalue weighted by atomic mass is 16.8. The number of aliphatic hydroxyl groups is 2. The SMILES string of the molecule is C=C1CC2CC[C@@]34CC5O[C@H]6C(O3)[C@H]3O[C@H](CCC3O[C@H]6C5O4)CC(=O)OC3C(C[C@H]4O[C@@H](CC[C@@H]1O2)CC(C)C4=C)O[C@H]1CC(O)C(CCO)O[C@H]1[C@@H]3C. The predicted octanol–water partition coefficient (Wildman–Crippen LogP) is 3.59. The van der Waals surface area contributed by atoms with Gasteiger partial charge in [-0.3, -0.25) is 4.79 Å². The van der Waals surface area contributed by atoms with Crippen LogP contribution in [0.15, 0.2) is 24.3 Å². The summed E-state index contributed by atoms with van der Waals surface area (Å²) < 4.78 is 66.9. The summed E-state index contributed by atoms with van der Waals surface area (Å²) in [5.41, 5.74) is 2.14. The van der Waals surface area contributed by atoms with Gasteiger partial charge in [-0.25, -0.2) is 0 Å². The van der Waals surface area contributed by atoms with E-state index in [-0.39, 0.29) is 98.0 Å². The molecule has 13 heteroatoms. The monoisotopic (exact) mass is 772 g/mol. The minimum absolute atomic E-state index is 0.00281. The van der Waals surface area contributed by atoms with E-state index in [2.05, 4.69) is 20.1 Å². The summed E-state index contributed by atoms with van der Waals surface area (Å²) in [7, 11) is 0. The molecule has 0 saturated carbocycles. The second kappa shape index (κ2) is 14.7. The Morgan fingerprint density at radius 2 is 1.42 bits per heavy atom. The van der Waals surface area contributed by atoms with Crippen LogP contribution in [-0.2, 0) is 52.2 Å². The molecule has 0 aromatic heterocycles. The Labute approximate surface area is 323 Å². The minimum Gasteiger partial charge on any atom is -0.459 e. The molecule has 2 N–H and O–H groups in total. The van der Waals surface area contributed by atoms with Gasteiger partial charge in [0, 0.05) is 38.2 Å². The molecule has 11 rings (SSSR count). The van der Waals surface area contributed by atoms with Crippen molar-refractivity contribution in [2.45, 2.75) is 213 Å². The van der Waals surface area contributed by atoms with Gasteiger partial charge in [0.05, 0.1) is 79.7 Å². The first kappa shape index (κ1) is 37.8. The van der Waals surface area contributed by atoms with Crippen LogP contribution in [0.25, 0.3) is 0 Å². The molecule has 55 heavy (non-hydrogen) atoms. The van der Waals surface area contributed by atoms with Gasteiger partial charge in [-0.2, -0.15) is 0 Å². The topological polar surface area (TPSA) is 150 Å². The van der Waals surface area contributed by atoms with Crippen molar-refractivity contribution in [3.8, 4) is 0 Å². The quantitative estimate of drug-likeness (QED) is 0.312. The van der Waals surface area contributed by atoms with Gasteiger partial charge in [0.1, 0.15) is 36.6 Å². The molecule has 11 aliphatic heterocycles. The third-order valence-electron chi connectivity index (χ3n) is 14.8. The molecule has 11 heterocycles. The lowest BCUT2D eigenvalue weighted by Crippen LogP contribution is -2.62. The highest BCUT2D eigenvalue weighted by molar-refractivity contribution is 5.70. The predicted molar refractivity (Wildman–Crippen MR) is 193 cm³/mol. The zero-order valence-corrected chi connectivity index (χ0v) is 32.2. The number of aliphatic hydroxyl groups excluding tert-OH is 2. The molecule has 0 aromatic carbocycles. The molecule has 306 valence electrons. The van der Waals surface area contributed by atoms with Gasteiger partial charge in [0.2, 0.25) is 0 Å². The smallest absolute Gasteiger partial charge is 0.308 e. The summed E-state index contributed by atoms with van der Waals surface area (Å²) in [4.78, 5) is 14.0. The molecule has 10 unspecified atom stereocenters. The summed E-state index contributed by atoms with van der Waals surface area (Å²) in [6.07, 6.45) is 2.38. The van der Waals surface area contributed by atoms with Gasteiger partial charge < -0.3 is 57.6 Å². The number of carbonyl (C=O) groups is 1. The first-order valence-corrected chi connectivity index (χ1v) is 21.3. The number of esters is 1. The lowest BCUT2D eigenvalue weighted by atomic mass is 9.79. The molecule has 0 amide bonds. The van der Waals surface area contributed by atoms with E-state index in [1.165, 1.54) is 0 Å². The highest BCUT2D eigenvalue weighted by Gasteiger charge is 2.69. The summed E-state index contributed by atoms with van der Waals surface area (Å²) in [6.45, 7) is 13.1. The van der Waals surface area contributed by atoms with E-state index >= 15 is 0 Å². The second-order valence-corrected chi connectivity index (χ2v) is 18.5. The van der Waals surface area contributed by atoms with E-state index in [1.54, 1.807) is 0 Å². The van der Waals surface area contributed by atoms with Crippen LogP contribution in [0, 0.1) is 11.8 Å². The van der Waals surface area contributed by atoms with E-state index in [1.807, 2.05) is 6.92 Å². The van der Waals surface area contributed by atoms with E-state index in [9.17, 15) is 15.0 Å². The summed E-state index contributed by atoms with van der Waals surface area (Å²) in [5, 5.41) is 20.6. The number of rotatable bonds is 2. The van der Waals surface area contributed by atoms with Gasteiger partial charge in [-0.15, -0.1) is 0 Å². The molecular weight excluding hydrogens is 712 g/mol. The fourth-order valence-corrected chi connectivity index (χ4v) is 11.9. The number of ether oxygens (including phenoxy) is 10. The summed E-state index contributed by atoms with van der Waals surface area (Å²) in [5.74, 6) is -1.18.